The van der Waals surface area contributed by atoms with Gasteiger partial charge in [-0.1, -0.05) is 6.07 Å². The molecule has 4 nitrogen and oxygen atoms in total. The fraction of sp³-hybridized carbons (Fsp3) is 0.100. The van der Waals surface area contributed by atoms with Gasteiger partial charge in [-0.05, 0) is 12.1 Å². The fourth-order valence-corrected chi connectivity index (χ4v) is 1.38. The van der Waals surface area contributed by atoms with Gasteiger partial charge in [0.15, 0.2) is 0 Å². The quantitative estimate of drug-likeness (QED) is 0.551. The fourth-order valence-electron chi connectivity index (χ4n) is 1.38. The molecule has 0 aliphatic carbocycles. The van der Waals surface area contributed by atoms with Gasteiger partial charge in [0.2, 0.25) is 0 Å². The van der Waals surface area contributed by atoms with Crippen molar-refractivity contribution < 1.29 is 13.9 Å². The molecule has 4 heteroatoms. The number of hydrogen-bond acceptors (Lipinski definition) is 4. The number of carbonyl (C=O) groups excluding carboxylic acids is 1. The molecule has 2 N–H and O–H groups in total. The summed E-state index contributed by atoms with van der Waals surface area (Å²) in [5.41, 5.74) is 7.19. The van der Waals surface area contributed by atoms with Gasteiger partial charge in [0, 0.05) is 5.69 Å². The Labute approximate surface area is 80.3 Å². The van der Waals surface area contributed by atoms with E-state index in [9.17, 15) is 4.79 Å². The van der Waals surface area contributed by atoms with Crippen molar-refractivity contribution in [1.29, 1.82) is 0 Å². The second-order valence-electron chi connectivity index (χ2n) is 2.86. The van der Waals surface area contributed by atoms with Crippen LogP contribution in [0.15, 0.2) is 28.9 Å². The highest BCUT2D eigenvalue weighted by molar-refractivity contribution is 6.07. The molecule has 0 atom stereocenters. The minimum absolute atomic E-state index is 0.362. The van der Waals surface area contributed by atoms with E-state index in [0.29, 0.717) is 22.2 Å². The lowest BCUT2D eigenvalue weighted by molar-refractivity contribution is 0.0602. The summed E-state index contributed by atoms with van der Waals surface area (Å²) in [6.07, 6.45) is 1.35. The van der Waals surface area contributed by atoms with E-state index in [2.05, 4.69) is 4.74 Å². The van der Waals surface area contributed by atoms with Crippen molar-refractivity contribution in [2.75, 3.05) is 12.8 Å². The van der Waals surface area contributed by atoms with E-state index in [1.165, 1.54) is 13.4 Å². The van der Waals surface area contributed by atoms with Crippen molar-refractivity contribution in [3.8, 4) is 0 Å². The Morgan fingerprint density at radius 1 is 1.50 bits per heavy atom. The molecule has 0 aliphatic heterocycles. The van der Waals surface area contributed by atoms with Gasteiger partial charge in [-0.2, -0.15) is 0 Å². The molecule has 0 amide bonds. The third-order valence-electron chi connectivity index (χ3n) is 2.04. The Bertz CT molecular complexity index is 487. The SMILES string of the molecule is COC(=O)c1coc2cccc(N)c12. The third-order valence-corrected chi connectivity index (χ3v) is 2.04. The molecular weight excluding hydrogens is 182 g/mol. The second kappa shape index (κ2) is 3.06. The molecule has 72 valence electrons. The molecule has 0 unspecified atom stereocenters. The van der Waals surface area contributed by atoms with Crippen LogP contribution in [0, 0.1) is 0 Å². The monoisotopic (exact) mass is 191 g/mol. The van der Waals surface area contributed by atoms with Gasteiger partial charge in [-0.25, -0.2) is 4.79 Å². The third kappa shape index (κ3) is 1.12. The molecule has 1 heterocycles. The Hall–Kier alpha value is -1.97. The highest BCUT2D eigenvalue weighted by Gasteiger charge is 2.15. The highest BCUT2D eigenvalue weighted by Crippen LogP contribution is 2.26. The topological polar surface area (TPSA) is 65.5 Å². The van der Waals surface area contributed by atoms with Crippen LogP contribution in [0.1, 0.15) is 10.4 Å². The van der Waals surface area contributed by atoms with E-state index in [4.69, 9.17) is 10.2 Å². The summed E-state index contributed by atoms with van der Waals surface area (Å²) in [7, 11) is 1.32. The summed E-state index contributed by atoms with van der Waals surface area (Å²) in [6.45, 7) is 0. The van der Waals surface area contributed by atoms with Crippen LogP contribution >= 0.6 is 0 Å². The van der Waals surface area contributed by atoms with E-state index in [1.54, 1.807) is 18.2 Å². The Morgan fingerprint density at radius 3 is 3.00 bits per heavy atom. The molecule has 0 saturated heterocycles. The predicted octanol–water partition coefficient (Wildman–Crippen LogP) is 1.80. The first-order valence-electron chi connectivity index (χ1n) is 4.08. The number of nitrogens with two attached hydrogens (primary N) is 1. The normalized spacial score (nSPS) is 10.4. The number of anilines is 1. The van der Waals surface area contributed by atoms with Gasteiger partial charge >= 0.3 is 5.97 Å². The zero-order valence-electron chi connectivity index (χ0n) is 7.61. The average Bonchev–Trinajstić information content (AvgIpc) is 2.62. The summed E-state index contributed by atoms with van der Waals surface area (Å²) in [5, 5.41) is 0.611. The molecule has 1 aromatic heterocycles. The predicted molar refractivity (Wildman–Crippen MR) is 52.0 cm³/mol. The molecule has 0 bridgehead atoms. The van der Waals surface area contributed by atoms with Crippen molar-refractivity contribution >= 4 is 22.6 Å². The van der Waals surface area contributed by atoms with Gasteiger partial charge in [-0.3, -0.25) is 0 Å². The van der Waals surface area contributed by atoms with Crippen LogP contribution in [0.4, 0.5) is 5.69 Å². The van der Waals surface area contributed by atoms with Gasteiger partial charge < -0.3 is 14.9 Å². The summed E-state index contributed by atoms with van der Waals surface area (Å²) in [5.74, 6) is -0.443. The molecule has 0 saturated carbocycles. The van der Waals surface area contributed by atoms with Gasteiger partial charge in [-0.15, -0.1) is 0 Å². The first-order valence-corrected chi connectivity index (χ1v) is 4.08. The van der Waals surface area contributed by atoms with Crippen molar-refractivity contribution in [1.82, 2.24) is 0 Å². The van der Waals surface area contributed by atoms with E-state index in [-0.39, 0.29) is 0 Å². The Morgan fingerprint density at radius 2 is 2.29 bits per heavy atom. The number of benzene rings is 1. The molecule has 2 aromatic rings. The van der Waals surface area contributed by atoms with Crippen LogP contribution in [-0.2, 0) is 4.74 Å². The number of furan rings is 1. The van der Waals surface area contributed by atoms with Crippen LogP contribution in [0.3, 0.4) is 0 Å². The molecule has 14 heavy (non-hydrogen) atoms. The zero-order chi connectivity index (χ0) is 10.1. The number of ether oxygens (including phenoxy) is 1. The summed E-state index contributed by atoms with van der Waals surface area (Å²) < 4.78 is 9.78. The van der Waals surface area contributed by atoms with E-state index < -0.39 is 5.97 Å². The lowest BCUT2D eigenvalue weighted by atomic mass is 10.1. The lowest BCUT2D eigenvalue weighted by Crippen LogP contribution is -2.00. The zero-order valence-corrected chi connectivity index (χ0v) is 7.61. The van der Waals surface area contributed by atoms with Crippen molar-refractivity contribution in [3.05, 3.63) is 30.0 Å². The number of carbonyl (C=O) groups is 1. The van der Waals surface area contributed by atoms with Crippen LogP contribution in [-0.4, -0.2) is 13.1 Å². The van der Waals surface area contributed by atoms with Crippen LogP contribution < -0.4 is 5.73 Å². The summed E-state index contributed by atoms with van der Waals surface area (Å²) in [6, 6.07) is 5.23. The van der Waals surface area contributed by atoms with Crippen molar-refractivity contribution in [2.45, 2.75) is 0 Å². The average molecular weight is 191 g/mol. The van der Waals surface area contributed by atoms with Crippen LogP contribution in [0.25, 0.3) is 11.0 Å². The number of rotatable bonds is 1. The lowest BCUT2D eigenvalue weighted by Gasteiger charge is -1.97. The van der Waals surface area contributed by atoms with E-state index in [1.807, 2.05) is 0 Å². The van der Waals surface area contributed by atoms with Crippen molar-refractivity contribution in [3.63, 3.8) is 0 Å². The molecule has 0 fully saturated rings. The van der Waals surface area contributed by atoms with Gasteiger partial charge in [0.25, 0.3) is 0 Å². The molecule has 0 spiro atoms. The standard InChI is InChI=1S/C10H9NO3/c1-13-10(12)6-5-14-8-4-2-3-7(11)9(6)8/h2-5H,11H2,1H3. The van der Waals surface area contributed by atoms with Gasteiger partial charge in [0.1, 0.15) is 17.4 Å². The molecule has 0 aliphatic rings. The number of nitrogen functional groups attached to an aromatic ring is 1. The number of methoxy groups -OCH3 is 1. The van der Waals surface area contributed by atoms with Crippen molar-refractivity contribution in [2.24, 2.45) is 0 Å². The largest absolute Gasteiger partial charge is 0.465 e. The first kappa shape index (κ1) is 8.62. The Kier molecular flexibility index (Phi) is 1.89. The number of hydrogen-bond donors (Lipinski definition) is 1. The van der Waals surface area contributed by atoms with Crippen LogP contribution in [0.5, 0.6) is 0 Å². The maximum atomic E-state index is 11.3. The first-order chi connectivity index (χ1) is 6.74. The highest BCUT2D eigenvalue weighted by atomic mass is 16.5. The smallest absolute Gasteiger partial charge is 0.341 e. The second-order valence-corrected chi connectivity index (χ2v) is 2.86. The molecule has 2 rings (SSSR count). The molecule has 0 radical (unpaired) electrons. The maximum Gasteiger partial charge on any atom is 0.341 e. The molecule has 1 aromatic carbocycles. The minimum Gasteiger partial charge on any atom is -0.465 e. The van der Waals surface area contributed by atoms with E-state index >= 15 is 0 Å². The number of esters is 1. The summed E-state index contributed by atoms with van der Waals surface area (Å²) >= 11 is 0. The maximum absolute atomic E-state index is 11.3. The minimum atomic E-state index is -0.443. The Balaban J connectivity index is 2.73. The molecular formula is C10H9NO3. The van der Waals surface area contributed by atoms with Gasteiger partial charge in [0.05, 0.1) is 12.5 Å². The van der Waals surface area contributed by atoms with E-state index in [0.717, 1.165) is 0 Å². The van der Waals surface area contributed by atoms with Crippen LogP contribution in [0.2, 0.25) is 0 Å². The summed E-state index contributed by atoms with van der Waals surface area (Å²) in [4.78, 5) is 11.3. The number of fused-ring (bicyclic) bond motifs is 1.